The molecule has 1 heterocycles. The fourth-order valence-corrected chi connectivity index (χ4v) is 5.80. The quantitative estimate of drug-likeness (QED) is 0.273. The Morgan fingerprint density at radius 3 is 2.50 bits per heavy atom. The van der Waals surface area contributed by atoms with Crippen LogP contribution in [0.3, 0.4) is 0 Å². The number of aliphatic imine (C=N–C) groups is 1. The number of rotatable bonds is 9. The van der Waals surface area contributed by atoms with Gasteiger partial charge in [0.1, 0.15) is 0 Å². The summed E-state index contributed by atoms with van der Waals surface area (Å²) < 4.78 is 12.2. The monoisotopic (exact) mass is 526 g/mol. The highest BCUT2D eigenvalue weighted by Crippen LogP contribution is 2.23. The molecule has 4 unspecified atom stereocenters. The Morgan fingerprint density at radius 1 is 1.18 bits per heavy atom. The zero-order chi connectivity index (χ0) is 19.6. The molecule has 0 aromatic heterocycles. The molecule has 0 amide bonds. The average molecular weight is 527 g/mol. The van der Waals surface area contributed by atoms with Crippen molar-refractivity contribution in [3.05, 3.63) is 0 Å². The van der Waals surface area contributed by atoms with Crippen LogP contribution >= 0.6 is 24.0 Å². The van der Waals surface area contributed by atoms with Gasteiger partial charge in [-0.05, 0) is 64.5 Å². The van der Waals surface area contributed by atoms with E-state index in [4.69, 9.17) is 4.99 Å². The minimum atomic E-state index is -0.679. The first-order valence-electron chi connectivity index (χ1n) is 11.2. The molecule has 1 aliphatic heterocycles. The Labute approximate surface area is 192 Å². The van der Waals surface area contributed by atoms with Crippen molar-refractivity contribution in [3.63, 3.8) is 0 Å². The van der Waals surface area contributed by atoms with Gasteiger partial charge in [0.25, 0.3) is 0 Å². The van der Waals surface area contributed by atoms with Gasteiger partial charge in [0.15, 0.2) is 5.96 Å². The summed E-state index contributed by atoms with van der Waals surface area (Å²) in [5.74, 6) is 2.42. The Hall–Kier alpha value is 0.110. The van der Waals surface area contributed by atoms with Crippen molar-refractivity contribution in [1.82, 2.24) is 15.5 Å². The number of halogens is 1. The molecule has 5 nitrogen and oxygen atoms in total. The maximum Gasteiger partial charge on any atom is 0.191 e. The zero-order valence-electron chi connectivity index (χ0n) is 18.4. The molecular formula is C21H43IN4OS. The van der Waals surface area contributed by atoms with Crippen molar-refractivity contribution in [2.75, 3.05) is 31.9 Å². The lowest BCUT2D eigenvalue weighted by atomic mass is 9.95. The second kappa shape index (κ2) is 14.2. The summed E-state index contributed by atoms with van der Waals surface area (Å²) in [6.45, 7) is 13.0. The third kappa shape index (κ3) is 8.86. The van der Waals surface area contributed by atoms with Gasteiger partial charge in [-0.15, -0.1) is 24.0 Å². The van der Waals surface area contributed by atoms with E-state index in [1.165, 1.54) is 32.4 Å². The van der Waals surface area contributed by atoms with Gasteiger partial charge in [-0.25, -0.2) is 0 Å². The molecule has 2 aliphatic rings. The summed E-state index contributed by atoms with van der Waals surface area (Å²) >= 11 is 0. The van der Waals surface area contributed by atoms with E-state index < -0.39 is 10.8 Å². The number of hydrogen-bond acceptors (Lipinski definition) is 3. The molecule has 0 radical (unpaired) electrons. The smallest absolute Gasteiger partial charge is 0.191 e. The fourth-order valence-electron chi connectivity index (χ4n) is 4.45. The summed E-state index contributed by atoms with van der Waals surface area (Å²) in [6.07, 6.45) is 8.30. The molecule has 2 N–H and O–H groups in total. The van der Waals surface area contributed by atoms with E-state index in [0.29, 0.717) is 23.3 Å². The Kier molecular flexibility index (Phi) is 13.2. The Bertz CT molecular complexity index is 483. The first kappa shape index (κ1) is 26.1. The van der Waals surface area contributed by atoms with Crippen LogP contribution in [0.4, 0.5) is 0 Å². The third-order valence-corrected chi connectivity index (χ3v) is 7.57. The van der Waals surface area contributed by atoms with E-state index in [0.717, 1.165) is 50.5 Å². The highest BCUT2D eigenvalue weighted by molar-refractivity contribution is 14.0. The third-order valence-electron chi connectivity index (χ3n) is 5.83. The topological polar surface area (TPSA) is 56.7 Å². The van der Waals surface area contributed by atoms with Crippen molar-refractivity contribution in [3.8, 4) is 0 Å². The maximum atomic E-state index is 12.2. The van der Waals surface area contributed by atoms with Gasteiger partial charge < -0.3 is 10.6 Å². The second-order valence-electron chi connectivity index (χ2n) is 8.55. The molecule has 2 rings (SSSR count). The van der Waals surface area contributed by atoms with Crippen molar-refractivity contribution >= 4 is 40.7 Å². The molecule has 1 saturated carbocycles. The normalized spacial score (nSPS) is 26.0. The summed E-state index contributed by atoms with van der Waals surface area (Å²) in [7, 11) is -0.679. The van der Waals surface area contributed by atoms with Crippen molar-refractivity contribution in [1.29, 1.82) is 0 Å². The Morgan fingerprint density at radius 2 is 1.89 bits per heavy atom. The average Bonchev–Trinajstić information content (AvgIpc) is 3.19. The van der Waals surface area contributed by atoms with Crippen LogP contribution in [0.5, 0.6) is 0 Å². The Balaban J connectivity index is 0.00000392. The summed E-state index contributed by atoms with van der Waals surface area (Å²) in [4.78, 5) is 7.61. The van der Waals surface area contributed by atoms with E-state index in [2.05, 4.69) is 36.3 Å². The largest absolute Gasteiger partial charge is 0.357 e. The molecule has 166 valence electrons. The van der Waals surface area contributed by atoms with Gasteiger partial charge in [0.2, 0.25) is 0 Å². The van der Waals surface area contributed by atoms with Crippen LogP contribution in [0.25, 0.3) is 0 Å². The molecule has 7 heteroatoms. The number of nitrogens with zero attached hydrogens (tertiary/aromatic N) is 2. The zero-order valence-corrected chi connectivity index (χ0v) is 21.6. The lowest BCUT2D eigenvalue weighted by molar-refractivity contribution is 0.218. The highest BCUT2D eigenvalue weighted by atomic mass is 127. The number of likely N-dealkylation sites (tertiary alicyclic amines) is 1. The van der Waals surface area contributed by atoms with Gasteiger partial charge in [0, 0.05) is 40.4 Å². The summed E-state index contributed by atoms with van der Waals surface area (Å²) in [5.41, 5.74) is 0. The van der Waals surface area contributed by atoms with Gasteiger partial charge in [-0.1, -0.05) is 27.2 Å². The minimum Gasteiger partial charge on any atom is -0.357 e. The predicted molar refractivity (Wildman–Crippen MR) is 133 cm³/mol. The van der Waals surface area contributed by atoms with Crippen LogP contribution in [0, 0.1) is 5.92 Å². The summed E-state index contributed by atoms with van der Waals surface area (Å²) in [6, 6.07) is 0.946. The van der Waals surface area contributed by atoms with E-state index in [9.17, 15) is 4.21 Å². The van der Waals surface area contributed by atoms with Crippen molar-refractivity contribution < 1.29 is 4.21 Å². The number of guanidine groups is 1. The van der Waals surface area contributed by atoms with Crippen LogP contribution in [0.2, 0.25) is 0 Å². The van der Waals surface area contributed by atoms with E-state index >= 15 is 0 Å². The van der Waals surface area contributed by atoms with E-state index in [-0.39, 0.29) is 24.0 Å². The fraction of sp³-hybridized carbons (Fsp3) is 0.952. The lowest BCUT2D eigenvalue weighted by Crippen LogP contribution is -2.47. The van der Waals surface area contributed by atoms with E-state index in [1.54, 1.807) is 0 Å². The molecule has 1 aliphatic carbocycles. The van der Waals surface area contributed by atoms with Crippen LogP contribution in [-0.2, 0) is 10.8 Å². The van der Waals surface area contributed by atoms with Gasteiger partial charge in [0.05, 0.1) is 6.54 Å². The molecule has 0 bridgehead atoms. The standard InChI is InChI=1S/C21H42N4OS.HI/c1-5-22-21(24-18-10-9-11-20(15-18)27(26)6-2)23-16-19(14-17(3)4)25-12-7-8-13-25;/h17-20H,5-16H2,1-4H3,(H2,22,23,24);1H. The van der Waals surface area contributed by atoms with E-state index in [1.807, 2.05) is 6.92 Å². The molecule has 4 atom stereocenters. The molecule has 0 spiro atoms. The van der Waals surface area contributed by atoms with Gasteiger partial charge in [-0.2, -0.15) is 0 Å². The van der Waals surface area contributed by atoms with Gasteiger partial charge in [-0.3, -0.25) is 14.1 Å². The first-order chi connectivity index (χ1) is 13.0. The minimum absolute atomic E-state index is 0. The predicted octanol–water partition coefficient (Wildman–Crippen LogP) is 3.75. The maximum absolute atomic E-state index is 12.2. The van der Waals surface area contributed by atoms with Crippen LogP contribution < -0.4 is 10.6 Å². The summed E-state index contributed by atoms with van der Waals surface area (Å²) in [5, 5.41) is 7.43. The lowest BCUT2D eigenvalue weighted by Gasteiger charge is -2.31. The molecule has 2 fully saturated rings. The molecule has 0 aromatic carbocycles. The SMILES string of the molecule is CCNC(=NCC(CC(C)C)N1CCCC1)NC1CCCC(S(=O)CC)C1.I. The van der Waals surface area contributed by atoms with Crippen LogP contribution in [-0.4, -0.2) is 64.3 Å². The second-order valence-corrected chi connectivity index (χ2v) is 10.6. The molecular weight excluding hydrogens is 483 g/mol. The van der Waals surface area contributed by atoms with Gasteiger partial charge >= 0.3 is 0 Å². The van der Waals surface area contributed by atoms with Crippen LogP contribution in [0.1, 0.15) is 72.6 Å². The molecule has 0 aromatic rings. The van der Waals surface area contributed by atoms with Crippen LogP contribution in [0.15, 0.2) is 4.99 Å². The highest BCUT2D eigenvalue weighted by Gasteiger charge is 2.26. The molecule has 1 saturated heterocycles. The number of hydrogen-bond donors (Lipinski definition) is 2. The molecule has 28 heavy (non-hydrogen) atoms. The number of nitrogens with one attached hydrogen (secondary N) is 2. The first-order valence-corrected chi connectivity index (χ1v) is 12.6. The van der Waals surface area contributed by atoms with Crippen molar-refractivity contribution in [2.24, 2.45) is 10.9 Å². The van der Waals surface area contributed by atoms with Crippen molar-refractivity contribution in [2.45, 2.75) is 90.0 Å².